The average molecular weight is 333 g/mol. The number of amides is 2. The second-order valence-corrected chi connectivity index (χ2v) is 6.61. The van der Waals surface area contributed by atoms with Gasteiger partial charge in [0.05, 0.1) is 18.7 Å². The van der Waals surface area contributed by atoms with E-state index in [1.54, 1.807) is 17.0 Å². The quantitative estimate of drug-likeness (QED) is 0.931. The zero-order chi connectivity index (χ0) is 16.2. The highest BCUT2D eigenvalue weighted by Crippen LogP contribution is 2.19. The lowest BCUT2D eigenvalue weighted by molar-refractivity contribution is -0.126. The number of rotatable bonds is 4. The first-order valence-corrected chi connectivity index (χ1v) is 8.53. The van der Waals surface area contributed by atoms with Crippen LogP contribution in [0.15, 0.2) is 28.2 Å². The first-order chi connectivity index (χ1) is 11.1. The van der Waals surface area contributed by atoms with Crippen LogP contribution in [-0.4, -0.2) is 34.8 Å². The topological polar surface area (TPSA) is 75.4 Å². The highest BCUT2D eigenvalue weighted by Gasteiger charge is 2.29. The Bertz CT molecular complexity index is 681. The van der Waals surface area contributed by atoms with Gasteiger partial charge in [-0.2, -0.15) is 0 Å². The van der Waals surface area contributed by atoms with Crippen LogP contribution in [0.4, 0.5) is 0 Å². The number of nitrogens with one attached hydrogen (secondary N) is 1. The highest BCUT2D eigenvalue weighted by atomic mass is 32.1. The van der Waals surface area contributed by atoms with Gasteiger partial charge in [-0.1, -0.05) is 0 Å². The number of aromatic nitrogens is 1. The summed E-state index contributed by atoms with van der Waals surface area (Å²) in [5.41, 5.74) is 0.965. The summed E-state index contributed by atoms with van der Waals surface area (Å²) < 4.78 is 5.15. The monoisotopic (exact) mass is 333 g/mol. The molecule has 0 spiro atoms. The number of hydrogen-bond donors (Lipinski definition) is 1. The first-order valence-electron chi connectivity index (χ1n) is 7.65. The minimum atomic E-state index is -0.177. The Kier molecular flexibility index (Phi) is 4.76. The highest BCUT2D eigenvalue weighted by molar-refractivity contribution is 7.09. The van der Waals surface area contributed by atoms with Gasteiger partial charge in [0.25, 0.3) is 5.91 Å². The number of carbonyl (C=O) groups is 2. The van der Waals surface area contributed by atoms with E-state index in [-0.39, 0.29) is 17.7 Å². The van der Waals surface area contributed by atoms with Crippen molar-refractivity contribution in [3.05, 3.63) is 40.2 Å². The standard InChI is InChI=1S/C16H19N3O3S/c1-11-10-23-14(18-11)8-17-15(20)12-4-2-6-19(9-12)16(21)13-5-3-7-22-13/h3,5,7,10,12H,2,4,6,8-9H2,1H3,(H,17,20). The van der Waals surface area contributed by atoms with Crippen LogP contribution >= 0.6 is 11.3 Å². The van der Waals surface area contributed by atoms with Crippen molar-refractivity contribution in [2.45, 2.75) is 26.3 Å². The second-order valence-electron chi connectivity index (χ2n) is 5.67. The molecule has 3 rings (SSSR count). The van der Waals surface area contributed by atoms with E-state index < -0.39 is 0 Å². The zero-order valence-electron chi connectivity index (χ0n) is 12.9. The third kappa shape index (κ3) is 3.79. The van der Waals surface area contributed by atoms with Gasteiger partial charge in [0.2, 0.25) is 5.91 Å². The molecule has 7 heteroatoms. The number of hydrogen-bond acceptors (Lipinski definition) is 5. The van der Waals surface area contributed by atoms with Crippen molar-refractivity contribution in [1.29, 1.82) is 0 Å². The van der Waals surface area contributed by atoms with Crippen molar-refractivity contribution in [2.24, 2.45) is 5.92 Å². The number of aryl methyl sites for hydroxylation is 1. The molecule has 2 amide bonds. The van der Waals surface area contributed by atoms with E-state index >= 15 is 0 Å². The Morgan fingerprint density at radius 2 is 2.39 bits per heavy atom. The molecule has 0 radical (unpaired) electrons. The summed E-state index contributed by atoms with van der Waals surface area (Å²) in [5, 5.41) is 5.79. The van der Waals surface area contributed by atoms with Gasteiger partial charge < -0.3 is 14.6 Å². The van der Waals surface area contributed by atoms with Gasteiger partial charge in [-0.3, -0.25) is 9.59 Å². The van der Waals surface area contributed by atoms with Gasteiger partial charge >= 0.3 is 0 Å². The number of piperidine rings is 1. The van der Waals surface area contributed by atoms with Gasteiger partial charge in [0.1, 0.15) is 5.01 Å². The molecular formula is C16H19N3O3S. The van der Waals surface area contributed by atoms with Crippen LogP contribution in [0.1, 0.15) is 34.1 Å². The molecule has 1 unspecified atom stereocenters. The van der Waals surface area contributed by atoms with Crippen LogP contribution in [-0.2, 0) is 11.3 Å². The third-order valence-electron chi connectivity index (χ3n) is 3.89. The van der Waals surface area contributed by atoms with E-state index in [9.17, 15) is 9.59 Å². The lowest BCUT2D eigenvalue weighted by Crippen LogP contribution is -2.45. The van der Waals surface area contributed by atoms with Gasteiger partial charge in [-0.05, 0) is 31.9 Å². The minimum absolute atomic E-state index is 0.0187. The van der Waals surface area contributed by atoms with Crippen LogP contribution in [0.3, 0.4) is 0 Å². The van der Waals surface area contributed by atoms with E-state index in [0.717, 1.165) is 23.5 Å². The molecule has 2 aromatic rings. The van der Waals surface area contributed by atoms with Gasteiger partial charge in [-0.15, -0.1) is 11.3 Å². The summed E-state index contributed by atoms with van der Waals surface area (Å²) in [7, 11) is 0. The fourth-order valence-corrected chi connectivity index (χ4v) is 3.43. The SMILES string of the molecule is Cc1csc(CNC(=O)C2CCCN(C(=O)c3ccco3)C2)n1. The van der Waals surface area contributed by atoms with Gasteiger partial charge in [0, 0.05) is 24.2 Å². The maximum Gasteiger partial charge on any atom is 0.289 e. The molecule has 1 fully saturated rings. The molecule has 2 aromatic heterocycles. The predicted octanol–water partition coefficient (Wildman–Crippen LogP) is 2.21. The number of furan rings is 1. The van der Waals surface area contributed by atoms with E-state index in [1.165, 1.54) is 17.6 Å². The summed E-state index contributed by atoms with van der Waals surface area (Å²) >= 11 is 1.54. The molecule has 0 aromatic carbocycles. The van der Waals surface area contributed by atoms with Crippen molar-refractivity contribution in [2.75, 3.05) is 13.1 Å². The first kappa shape index (κ1) is 15.7. The molecule has 23 heavy (non-hydrogen) atoms. The molecule has 0 bridgehead atoms. The molecule has 1 saturated heterocycles. The largest absolute Gasteiger partial charge is 0.459 e. The molecular weight excluding hydrogens is 314 g/mol. The summed E-state index contributed by atoms with van der Waals surface area (Å²) in [4.78, 5) is 30.7. The summed E-state index contributed by atoms with van der Waals surface area (Å²) in [6, 6.07) is 3.34. The molecule has 0 saturated carbocycles. The van der Waals surface area contributed by atoms with Crippen molar-refractivity contribution >= 4 is 23.2 Å². The van der Waals surface area contributed by atoms with Gasteiger partial charge in [-0.25, -0.2) is 4.98 Å². The van der Waals surface area contributed by atoms with E-state index in [4.69, 9.17) is 4.42 Å². The maximum atomic E-state index is 12.3. The van der Waals surface area contributed by atoms with Crippen LogP contribution in [0.5, 0.6) is 0 Å². The van der Waals surface area contributed by atoms with Crippen LogP contribution in [0.25, 0.3) is 0 Å². The molecule has 122 valence electrons. The fourth-order valence-electron chi connectivity index (χ4n) is 2.72. The summed E-state index contributed by atoms with van der Waals surface area (Å²) in [6.07, 6.45) is 3.10. The van der Waals surface area contributed by atoms with Crippen molar-refractivity contribution in [3.8, 4) is 0 Å². The number of thiazole rings is 1. The molecule has 3 heterocycles. The Balaban J connectivity index is 1.55. The lowest BCUT2D eigenvalue weighted by atomic mass is 9.97. The van der Waals surface area contributed by atoms with Crippen LogP contribution in [0, 0.1) is 12.8 Å². The Morgan fingerprint density at radius 3 is 3.09 bits per heavy atom. The van der Waals surface area contributed by atoms with E-state index in [2.05, 4.69) is 10.3 Å². The van der Waals surface area contributed by atoms with Gasteiger partial charge in [0.15, 0.2) is 5.76 Å². The lowest BCUT2D eigenvalue weighted by Gasteiger charge is -2.31. The molecule has 6 nitrogen and oxygen atoms in total. The average Bonchev–Trinajstić information content (AvgIpc) is 3.23. The number of carbonyl (C=O) groups excluding carboxylic acids is 2. The Hall–Kier alpha value is -2.15. The molecule has 1 aliphatic rings. The van der Waals surface area contributed by atoms with Crippen LogP contribution in [0.2, 0.25) is 0 Å². The molecule has 1 N–H and O–H groups in total. The zero-order valence-corrected chi connectivity index (χ0v) is 13.8. The van der Waals surface area contributed by atoms with Crippen molar-refractivity contribution < 1.29 is 14.0 Å². The minimum Gasteiger partial charge on any atom is -0.459 e. The Morgan fingerprint density at radius 1 is 1.52 bits per heavy atom. The van der Waals surface area contributed by atoms with Crippen molar-refractivity contribution in [3.63, 3.8) is 0 Å². The van der Waals surface area contributed by atoms with E-state index in [1.807, 2.05) is 12.3 Å². The van der Waals surface area contributed by atoms with E-state index in [0.29, 0.717) is 25.4 Å². The molecule has 1 atom stereocenters. The summed E-state index contributed by atoms with van der Waals surface area (Å²) in [6.45, 7) is 3.47. The smallest absolute Gasteiger partial charge is 0.289 e. The number of likely N-dealkylation sites (tertiary alicyclic amines) is 1. The Labute approximate surface area is 138 Å². The van der Waals surface area contributed by atoms with Crippen molar-refractivity contribution in [1.82, 2.24) is 15.2 Å². The maximum absolute atomic E-state index is 12.3. The number of nitrogens with zero attached hydrogens (tertiary/aromatic N) is 2. The summed E-state index contributed by atoms with van der Waals surface area (Å²) in [5.74, 6) is -0.0223. The molecule has 0 aliphatic carbocycles. The molecule has 1 aliphatic heterocycles. The fraction of sp³-hybridized carbons (Fsp3) is 0.438. The second kappa shape index (κ2) is 6.95. The predicted molar refractivity (Wildman–Crippen MR) is 86.0 cm³/mol. The normalized spacial score (nSPS) is 18.0. The van der Waals surface area contributed by atoms with Crippen LogP contribution < -0.4 is 5.32 Å². The third-order valence-corrected chi connectivity index (χ3v) is 4.86.